The molecule has 0 saturated heterocycles. The van der Waals surface area contributed by atoms with Gasteiger partial charge < -0.3 is 0 Å². The third-order valence-corrected chi connectivity index (χ3v) is 3.16. The molecule has 0 N–H and O–H groups in total. The van der Waals surface area contributed by atoms with Crippen LogP contribution in [0.1, 0.15) is 22.3 Å². The fourth-order valence-electron chi connectivity index (χ4n) is 2.30. The van der Waals surface area contributed by atoms with Crippen LogP contribution in [0.25, 0.3) is 11.6 Å². The van der Waals surface area contributed by atoms with Crippen LogP contribution in [-0.4, -0.2) is 0 Å². The highest BCUT2D eigenvalue weighted by Crippen LogP contribution is 2.29. The van der Waals surface area contributed by atoms with Gasteiger partial charge in [0.15, 0.2) is 0 Å². The summed E-state index contributed by atoms with van der Waals surface area (Å²) in [4.78, 5) is 0. The monoisotopic (exact) mass is 217 g/mol. The van der Waals surface area contributed by atoms with Gasteiger partial charge in [-0.25, -0.2) is 0 Å². The summed E-state index contributed by atoms with van der Waals surface area (Å²) in [6.07, 6.45) is 2.88. The molecule has 1 nitrogen and oxygen atoms in total. The van der Waals surface area contributed by atoms with Crippen LogP contribution in [0, 0.1) is 11.3 Å². The van der Waals surface area contributed by atoms with Crippen molar-refractivity contribution in [2.45, 2.75) is 6.42 Å². The Bertz CT molecular complexity index is 645. The van der Waals surface area contributed by atoms with Crippen molar-refractivity contribution in [3.05, 3.63) is 70.8 Å². The second-order valence-electron chi connectivity index (χ2n) is 4.20. The SMILES string of the molecule is N#CC1=Cc2ccccc2Cc2ccccc21. The van der Waals surface area contributed by atoms with Crippen LogP contribution in [0.3, 0.4) is 0 Å². The number of allylic oxidation sites excluding steroid dienone is 1. The Hall–Kier alpha value is -2.33. The van der Waals surface area contributed by atoms with Crippen LogP contribution in [0.2, 0.25) is 0 Å². The van der Waals surface area contributed by atoms with Crippen LogP contribution in [0.4, 0.5) is 0 Å². The first-order chi connectivity index (χ1) is 8.38. The summed E-state index contributed by atoms with van der Waals surface area (Å²) in [6, 6.07) is 18.7. The first kappa shape index (κ1) is 9.86. The first-order valence-electron chi connectivity index (χ1n) is 5.66. The van der Waals surface area contributed by atoms with Crippen LogP contribution in [-0.2, 0) is 6.42 Å². The maximum Gasteiger partial charge on any atom is 0.0998 e. The molecule has 0 spiro atoms. The zero-order chi connectivity index (χ0) is 11.7. The van der Waals surface area contributed by atoms with E-state index in [0.717, 1.165) is 23.1 Å². The lowest BCUT2D eigenvalue weighted by Crippen LogP contribution is -1.92. The van der Waals surface area contributed by atoms with Crippen LogP contribution in [0.15, 0.2) is 48.5 Å². The third kappa shape index (κ3) is 1.64. The van der Waals surface area contributed by atoms with E-state index in [4.69, 9.17) is 0 Å². The van der Waals surface area contributed by atoms with Gasteiger partial charge in [-0.3, -0.25) is 0 Å². The number of nitriles is 1. The van der Waals surface area contributed by atoms with E-state index in [0.29, 0.717) is 0 Å². The molecule has 1 aliphatic rings. The molecule has 80 valence electrons. The van der Waals surface area contributed by atoms with Gasteiger partial charge in [-0.1, -0.05) is 48.5 Å². The summed E-state index contributed by atoms with van der Waals surface area (Å²) in [5, 5.41) is 9.27. The standard InChI is InChI=1S/C16H11N/c17-11-15-10-13-6-2-1-5-12(13)9-14-7-3-4-8-16(14)15/h1-8,10H,9H2. The van der Waals surface area contributed by atoms with E-state index in [-0.39, 0.29) is 0 Å². The van der Waals surface area contributed by atoms with Crippen LogP contribution in [0.5, 0.6) is 0 Å². The fraction of sp³-hybridized carbons (Fsp3) is 0.0625. The molecule has 0 radical (unpaired) electrons. The van der Waals surface area contributed by atoms with Crippen LogP contribution < -0.4 is 0 Å². The minimum absolute atomic E-state index is 0.755. The molecular formula is C16H11N. The van der Waals surface area contributed by atoms with Crippen molar-refractivity contribution >= 4 is 11.6 Å². The Morgan fingerprint density at radius 1 is 0.882 bits per heavy atom. The first-order valence-corrected chi connectivity index (χ1v) is 5.66. The van der Waals surface area contributed by atoms with Gasteiger partial charge in [0, 0.05) is 0 Å². The van der Waals surface area contributed by atoms with E-state index in [2.05, 4.69) is 24.3 Å². The number of fused-ring (bicyclic) bond motifs is 2. The molecule has 2 aromatic carbocycles. The second-order valence-corrected chi connectivity index (χ2v) is 4.20. The average Bonchev–Trinajstić information content (AvgIpc) is 2.54. The molecule has 1 aliphatic carbocycles. The Balaban J connectivity index is 2.29. The van der Waals surface area contributed by atoms with Gasteiger partial charge >= 0.3 is 0 Å². The minimum Gasteiger partial charge on any atom is -0.192 e. The number of rotatable bonds is 0. The fourth-order valence-corrected chi connectivity index (χ4v) is 2.30. The second kappa shape index (κ2) is 3.92. The van der Waals surface area contributed by atoms with Crippen LogP contribution >= 0.6 is 0 Å². The van der Waals surface area contributed by atoms with E-state index in [1.54, 1.807) is 0 Å². The van der Waals surface area contributed by atoms with Crippen molar-refractivity contribution in [3.63, 3.8) is 0 Å². The van der Waals surface area contributed by atoms with Crippen molar-refractivity contribution in [1.82, 2.24) is 0 Å². The van der Waals surface area contributed by atoms with Gasteiger partial charge in [0.2, 0.25) is 0 Å². The predicted octanol–water partition coefficient (Wildman–Crippen LogP) is 3.65. The molecule has 2 aromatic rings. The Kier molecular flexibility index (Phi) is 2.27. The normalized spacial score (nSPS) is 12.8. The zero-order valence-electron chi connectivity index (χ0n) is 9.35. The van der Waals surface area contributed by atoms with E-state index in [9.17, 15) is 5.26 Å². The zero-order valence-corrected chi connectivity index (χ0v) is 9.35. The molecule has 0 amide bonds. The van der Waals surface area contributed by atoms with Crippen molar-refractivity contribution < 1.29 is 0 Å². The van der Waals surface area contributed by atoms with E-state index >= 15 is 0 Å². The summed E-state index contributed by atoms with van der Waals surface area (Å²) in [7, 11) is 0. The molecule has 0 unspecified atom stereocenters. The number of nitrogens with zero attached hydrogens (tertiary/aromatic N) is 1. The molecule has 0 atom stereocenters. The minimum atomic E-state index is 0.755. The highest BCUT2D eigenvalue weighted by Gasteiger charge is 2.13. The highest BCUT2D eigenvalue weighted by atomic mass is 14.3. The number of benzene rings is 2. The molecule has 0 bridgehead atoms. The largest absolute Gasteiger partial charge is 0.192 e. The van der Waals surface area contributed by atoms with E-state index < -0.39 is 0 Å². The summed E-state index contributed by atoms with van der Waals surface area (Å²) < 4.78 is 0. The molecule has 0 fully saturated rings. The summed E-state index contributed by atoms with van der Waals surface area (Å²) in [5.74, 6) is 0. The summed E-state index contributed by atoms with van der Waals surface area (Å²) in [5.41, 5.74) is 5.48. The molecule has 1 heteroatoms. The van der Waals surface area contributed by atoms with Crippen molar-refractivity contribution in [3.8, 4) is 6.07 Å². The Morgan fingerprint density at radius 2 is 1.59 bits per heavy atom. The number of hydrogen-bond donors (Lipinski definition) is 0. The van der Waals surface area contributed by atoms with E-state index in [1.165, 1.54) is 11.1 Å². The molecular weight excluding hydrogens is 206 g/mol. The molecule has 3 rings (SSSR count). The van der Waals surface area contributed by atoms with Crippen molar-refractivity contribution in [1.29, 1.82) is 5.26 Å². The topological polar surface area (TPSA) is 23.8 Å². The highest BCUT2D eigenvalue weighted by molar-refractivity contribution is 5.92. The van der Waals surface area contributed by atoms with Gasteiger partial charge in [-0.05, 0) is 34.8 Å². The molecule has 0 saturated carbocycles. The van der Waals surface area contributed by atoms with E-state index in [1.807, 2.05) is 36.4 Å². The molecule has 0 heterocycles. The van der Waals surface area contributed by atoms with Gasteiger partial charge in [-0.2, -0.15) is 5.26 Å². The lowest BCUT2D eigenvalue weighted by atomic mass is 9.98. The molecule has 17 heavy (non-hydrogen) atoms. The van der Waals surface area contributed by atoms with Gasteiger partial charge in [0.1, 0.15) is 0 Å². The van der Waals surface area contributed by atoms with Crippen molar-refractivity contribution in [2.24, 2.45) is 0 Å². The third-order valence-electron chi connectivity index (χ3n) is 3.16. The van der Waals surface area contributed by atoms with Gasteiger partial charge in [-0.15, -0.1) is 0 Å². The van der Waals surface area contributed by atoms with Gasteiger partial charge in [0.05, 0.1) is 11.6 Å². The Morgan fingerprint density at radius 3 is 2.41 bits per heavy atom. The summed E-state index contributed by atoms with van der Waals surface area (Å²) >= 11 is 0. The predicted molar refractivity (Wildman–Crippen MR) is 69.2 cm³/mol. The Labute approximate surface area is 101 Å². The smallest absolute Gasteiger partial charge is 0.0998 e. The van der Waals surface area contributed by atoms with Gasteiger partial charge in [0.25, 0.3) is 0 Å². The van der Waals surface area contributed by atoms with Crippen molar-refractivity contribution in [2.75, 3.05) is 0 Å². The molecule has 0 aromatic heterocycles. The quantitative estimate of drug-likeness (QED) is 0.660. The maximum atomic E-state index is 9.27. The average molecular weight is 217 g/mol. The number of hydrogen-bond acceptors (Lipinski definition) is 1. The molecule has 0 aliphatic heterocycles. The summed E-state index contributed by atoms with van der Waals surface area (Å²) in [6.45, 7) is 0. The lowest BCUT2D eigenvalue weighted by molar-refractivity contribution is 1.18. The maximum absolute atomic E-state index is 9.27. The lowest BCUT2D eigenvalue weighted by Gasteiger charge is -2.05.